The van der Waals surface area contributed by atoms with Gasteiger partial charge in [0.15, 0.2) is 0 Å². The molecule has 1 amide bonds. The minimum absolute atomic E-state index is 0.0231. The molecule has 5 aliphatic rings. The van der Waals surface area contributed by atoms with Gasteiger partial charge in [0.1, 0.15) is 0 Å². The Bertz CT molecular complexity index is 881. The molecule has 5 fully saturated rings. The molecule has 3 saturated heterocycles. The molecule has 1 aromatic heterocycles. The Morgan fingerprint density at radius 3 is 3.04 bits per heavy atom. The van der Waals surface area contributed by atoms with E-state index in [1.807, 2.05) is 24.5 Å². The molecule has 1 aromatic carbocycles. The van der Waals surface area contributed by atoms with Crippen LogP contribution in [0.1, 0.15) is 42.1 Å². The van der Waals surface area contributed by atoms with Gasteiger partial charge in [0.05, 0.1) is 30.1 Å². The summed E-state index contributed by atoms with van der Waals surface area (Å²) in [6.07, 6.45) is 7.03. The van der Waals surface area contributed by atoms with Crippen LogP contribution in [0.25, 0.3) is 11.0 Å². The van der Waals surface area contributed by atoms with Crippen LogP contribution in [0.3, 0.4) is 0 Å². The third-order valence-electron chi connectivity index (χ3n) is 6.77. The molecule has 7 rings (SSSR count). The van der Waals surface area contributed by atoms with Crippen LogP contribution >= 0.6 is 0 Å². The highest BCUT2D eigenvalue weighted by Gasteiger charge is 2.58. The van der Waals surface area contributed by atoms with Crippen molar-refractivity contribution in [3.8, 4) is 0 Å². The number of benzene rings is 1. The lowest BCUT2D eigenvalue weighted by Gasteiger charge is -2.47. The zero-order valence-corrected chi connectivity index (χ0v) is 14.9. The second kappa shape index (κ2) is 5.30. The van der Waals surface area contributed by atoms with Gasteiger partial charge in [-0.25, -0.2) is 4.98 Å². The van der Waals surface area contributed by atoms with Crippen LogP contribution in [0.5, 0.6) is 0 Å². The molecule has 1 spiro atoms. The molecule has 1 atom stereocenters. The van der Waals surface area contributed by atoms with E-state index in [-0.39, 0.29) is 12.0 Å². The topological polar surface area (TPSA) is 59.4 Å². The predicted octanol–water partition coefficient (Wildman–Crippen LogP) is 1.96. The molecule has 26 heavy (non-hydrogen) atoms. The van der Waals surface area contributed by atoms with Crippen molar-refractivity contribution < 1.29 is 9.53 Å². The van der Waals surface area contributed by atoms with Crippen molar-refractivity contribution in [1.82, 2.24) is 19.8 Å². The third-order valence-corrected chi connectivity index (χ3v) is 6.77. The molecule has 136 valence electrons. The Morgan fingerprint density at radius 2 is 2.19 bits per heavy atom. The molecule has 0 radical (unpaired) electrons. The van der Waals surface area contributed by atoms with E-state index in [2.05, 4.69) is 19.8 Å². The number of morpholine rings is 1. The van der Waals surface area contributed by atoms with Crippen LogP contribution in [0.2, 0.25) is 0 Å². The van der Waals surface area contributed by atoms with Crippen molar-refractivity contribution in [3.63, 3.8) is 0 Å². The molecule has 3 aliphatic heterocycles. The van der Waals surface area contributed by atoms with Gasteiger partial charge in [-0.2, -0.15) is 0 Å². The summed E-state index contributed by atoms with van der Waals surface area (Å²) >= 11 is 0. The van der Waals surface area contributed by atoms with E-state index in [0.717, 1.165) is 30.1 Å². The lowest BCUT2D eigenvalue weighted by Crippen LogP contribution is -2.58. The fraction of sp³-hybridized carbons (Fsp3) is 0.600. The summed E-state index contributed by atoms with van der Waals surface area (Å²) in [4.78, 5) is 19.7. The van der Waals surface area contributed by atoms with Crippen LogP contribution in [-0.4, -0.2) is 58.2 Å². The van der Waals surface area contributed by atoms with E-state index in [1.54, 1.807) is 0 Å². The monoisotopic (exact) mass is 352 g/mol. The first-order valence-corrected chi connectivity index (χ1v) is 9.82. The maximum Gasteiger partial charge on any atom is 0.251 e. The first-order chi connectivity index (χ1) is 12.7. The number of hydrogen-bond acceptors (Lipinski definition) is 4. The number of amides is 1. The van der Waals surface area contributed by atoms with Gasteiger partial charge in [0, 0.05) is 36.8 Å². The number of rotatable bonds is 4. The minimum atomic E-state index is -0.0231. The van der Waals surface area contributed by atoms with Crippen molar-refractivity contribution in [3.05, 3.63) is 30.1 Å². The summed E-state index contributed by atoms with van der Waals surface area (Å²) in [6, 6.07) is 6.35. The number of fused-ring (bicyclic) bond motifs is 1. The molecule has 2 saturated carbocycles. The van der Waals surface area contributed by atoms with Crippen molar-refractivity contribution in [1.29, 1.82) is 0 Å². The average molecular weight is 352 g/mol. The predicted molar refractivity (Wildman–Crippen MR) is 97.1 cm³/mol. The van der Waals surface area contributed by atoms with Gasteiger partial charge in [-0.3, -0.25) is 9.69 Å². The highest BCUT2D eigenvalue weighted by Crippen LogP contribution is 2.52. The standard InChI is InChI=1S/C20H24N4O2/c25-19(14-1-4-17-18(5-14)24(12-22-17)15-2-3-15)21-8-16-10-23-9-13-6-20(23,7-13)11-26-16/h1,4-5,12-13,15-16H,2-3,6-11H2,(H,21,25). The van der Waals surface area contributed by atoms with E-state index in [0.29, 0.717) is 23.7 Å². The second-order valence-electron chi connectivity index (χ2n) is 8.63. The molecule has 6 heteroatoms. The third kappa shape index (κ3) is 2.25. The van der Waals surface area contributed by atoms with Crippen molar-refractivity contribution in [2.24, 2.45) is 5.92 Å². The molecule has 2 bridgehead atoms. The normalized spacial score (nSPS) is 33.1. The average Bonchev–Trinajstić information content (AvgIpc) is 3.14. The number of hydrogen-bond donors (Lipinski definition) is 1. The van der Waals surface area contributed by atoms with Gasteiger partial charge in [0.25, 0.3) is 5.91 Å². The fourth-order valence-corrected chi connectivity index (χ4v) is 5.20. The van der Waals surface area contributed by atoms with Crippen molar-refractivity contribution >= 4 is 16.9 Å². The van der Waals surface area contributed by atoms with Gasteiger partial charge in [-0.15, -0.1) is 0 Å². The van der Waals surface area contributed by atoms with Crippen LogP contribution in [-0.2, 0) is 4.74 Å². The van der Waals surface area contributed by atoms with Crippen LogP contribution in [0, 0.1) is 5.92 Å². The summed E-state index contributed by atoms with van der Waals surface area (Å²) in [6.45, 7) is 3.58. The van der Waals surface area contributed by atoms with E-state index in [9.17, 15) is 4.79 Å². The van der Waals surface area contributed by atoms with Crippen molar-refractivity contribution in [2.45, 2.75) is 43.4 Å². The number of nitrogens with zero attached hydrogens (tertiary/aromatic N) is 3. The molecular formula is C20H24N4O2. The SMILES string of the molecule is O=C(NCC1CN2CC3CC2(CO1)C3)c1ccc2ncn(C3CC3)c2c1. The number of imidazole rings is 1. The minimum Gasteiger partial charge on any atom is -0.373 e. The van der Waals surface area contributed by atoms with Gasteiger partial charge in [0.2, 0.25) is 0 Å². The Labute approximate surface area is 152 Å². The van der Waals surface area contributed by atoms with Gasteiger partial charge in [-0.1, -0.05) is 0 Å². The molecule has 1 unspecified atom stereocenters. The van der Waals surface area contributed by atoms with E-state index < -0.39 is 0 Å². The Hall–Kier alpha value is -1.92. The molecule has 6 nitrogen and oxygen atoms in total. The molecule has 2 aliphatic carbocycles. The first-order valence-electron chi connectivity index (χ1n) is 9.82. The number of carbonyl (C=O) groups is 1. The van der Waals surface area contributed by atoms with E-state index in [1.165, 1.54) is 32.2 Å². The highest BCUT2D eigenvalue weighted by atomic mass is 16.5. The molecule has 4 heterocycles. The number of carbonyl (C=O) groups excluding carboxylic acids is 1. The summed E-state index contributed by atoms with van der Waals surface area (Å²) < 4.78 is 8.27. The number of ether oxygens (including phenoxy) is 1. The number of nitrogens with one attached hydrogen (secondary N) is 1. The summed E-state index contributed by atoms with van der Waals surface area (Å²) in [5, 5.41) is 3.08. The molecular weight excluding hydrogens is 328 g/mol. The van der Waals surface area contributed by atoms with Crippen LogP contribution in [0.15, 0.2) is 24.5 Å². The zero-order chi connectivity index (χ0) is 17.3. The van der Waals surface area contributed by atoms with E-state index in [4.69, 9.17) is 4.74 Å². The lowest BCUT2D eigenvalue weighted by atomic mass is 9.73. The maximum absolute atomic E-state index is 12.6. The maximum atomic E-state index is 12.6. The van der Waals surface area contributed by atoms with Crippen molar-refractivity contribution in [2.75, 3.05) is 26.2 Å². The fourth-order valence-electron chi connectivity index (χ4n) is 5.20. The largest absolute Gasteiger partial charge is 0.373 e. The molecule has 2 aromatic rings. The quantitative estimate of drug-likeness (QED) is 0.914. The van der Waals surface area contributed by atoms with Gasteiger partial charge >= 0.3 is 0 Å². The Kier molecular flexibility index (Phi) is 3.09. The number of aromatic nitrogens is 2. The van der Waals surface area contributed by atoms with Crippen LogP contribution < -0.4 is 5.32 Å². The summed E-state index contributed by atoms with van der Waals surface area (Å²) in [5.41, 5.74) is 3.07. The first kappa shape index (κ1) is 15.2. The summed E-state index contributed by atoms with van der Waals surface area (Å²) in [7, 11) is 0. The van der Waals surface area contributed by atoms with E-state index >= 15 is 0 Å². The smallest absolute Gasteiger partial charge is 0.251 e. The molecule has 1 N–H and O–H groups in total. The lowest BCUT2D eigenvalue weighted by molar-refractivity contribution is -0.101. The van der Waals surface area contributed by atoms with Gasteiger partial charge < -0.3 is 14.6 Å². The Balaban J connectivity index is 1.13. The summed E-state index contributed by atoms with van der Waals surface area (Å²) in [5.74, 6) is 0.861. The highest BCUT2D eigenvalue weighted by molar-refractivity contribution is 5.97. The zero-order valence-electron chi connectivity index (χ0n) is 14.9. The van der Waals surface area contributed by atoms with Crippen LogP contribution in [0.4, 0.5) is 0 Å². The van der Waals surface area contributed by atoms with Gasteiger partial charge in [-0.05, 0) is 49.8 Å². The Morgan fingerprint density at radius 1 is 1.31 bits per heavy atom. The second-order valence-corrected chi connectivity index (χ2v) is 8.63.